The topological polar surface area (TPSA) is 12.9 Å². The number of rotatable bonds is 5. The Labute approximate surface area is 303 Å². The molecule has 1 heteroatoms. The summed E-state index contributed by atoms with van der Waals surface area (Å²) in [4.78, 5) is 5.45. The van der Waals surface area contributed by atoms with Crippen molar-refractivity contribution in [3.05, 3.63) is 200 Å². The van der Waals surface area contributed by atoms with Gasteiger partial charge in [-0.15, -0.1) is 0 Å². The van der Waals surface area contributed by atoms with Gasteiger partial charge in [0.1, 0.15) is 0 Å². The molecule has 0 aliphatic carbocycles. The summed E-state index contributed by atoms with van der Waals surface area (Å²) < 4.78 is 0. The number of fused-ring (bicyclic) bond motifs is 6. The number of hydrogen-bond donors (Lipinski definition) is 0. The van der Waals surface area contributed by atoms with Gasteiger partial charge in [0.15, 0.2) is 0 Å². The molecule has 0 radical (unpaired) electrons. The Kier molecular flexibility index (Phi) is 7.22. The molecule has 0 spiro atoms. The number of aromatic nitrogens is 1. The van der Waals surface area contributed by atoms with Crippen LogP contribution in [0.4, 0.5) is 0 Å². The van der Waals surface area contributed by atoms with E-state index in [1.54, 1.807) is 0 Å². The Morgan fingerprint density at radius 3 is 1.19 bits per heavy atom. The third kappa shape index (κ3) is 5.06. The van der Waals surface area contributed by atoms with Crippen LogP contribution in [0.5, 0.6) is 0 Å². The van der Waals surface area contributed by atoms with Crippen LogP contribution in [0, 0.1) is 0 Å². The molecule has 0 aliphatic heterocycles. The predicted octanol–water partition coefficient (Wildman–Crippen LogP) is 14.0. The van der Waals surface area contributed by atoms with Crippen LogP contribution >= 0.6 is 0 Å². The van der Waals surface area contributed by atoms with Gasteiger partial charge in [-0.1, -0.05) is 182 Å². The molecule has 52 heavy (non-hydrogen) atoms. The van der Waals surface area contributed by atoms with E-state index in [-0.39, 0.29) is 0 Å². The van der Waals surface area contributed by atoms with Crippen molar-refractivity contribution in [1.29, 1.82) is 0 Å². The average Bonchev–Trinajstić information content (AvgIpc) is 3.23. The maximum atomic E-state index is 5.45. The second-order valence-electron chi connectivity index (χ2n) is 13.5. The molecule has 1 heterocycles. The van der Waals surface area contributed by atoms with Gasteiger partial charge in [-0.05, 0) is 79.0 Å². The van der Waals surface area contributed by atoms with Crippen LogP contribution in [0.25, 0.3) is 99.0 Å². The quantitative estimate of drug-likeness (QED) is 0.132. The molecular formula is C51H33N. The van der Waals surface area contributed by atoms with Gasteiger partial charge in [0, 0.05) is 27.1 Å². The third-order valence-corrected chi connectivity index (χ3v) is 10.4. The number of benzene rings is 9. The molecule has 0 amide bonds. The second kappa shape index (κ2) is 12.5. The van der Waals surface area contributed by atoms with Gasteiger partial charge in [0.05, 0.1) is 11.0 Å². The molecule has 0 N–H and O–H groups in total. The summed E-state index contributed by atoms with van der Waals surface area (Å²) in [7, 11) is 0. The standard InChI is InChI=1S/C51H33N/c1-4-15-34(16-5-1)41-32-46(35-17-6-2-7-18-35)49(47(33-41)36-19-8-3-9-20-36)40-24-14-23-39(31-40)48-44-29-27-37-21-10-12-25-42(37)50(44)52-51-43-26-13-11-22-38(43)28-30-45(48)51/h1-33H. The highest BCUT2D eigenvalue weighted by Gasteiger charge is 2.20. The fourth-order valence-electron chi connectivity index (χ4n) is 7.99. The normalized spacial score (nSPS) is 11.5. The number of pyridine rings is 1. The molecule has 0 saturated heterocycles. The predicted molar refractivity (Wildman–Crippen MR) is 221 cm³/mol. The molecule has 0 atom stereocenters. The minimum Gasteiger partial charge on any atom is -0.246 e. The Morgan fingerprint density at radius 2 is 0.673 bits per heavy atom. The first-order valence-corrected chi connectivity index (χ1v) is 17.9. The molecule has 0 fully saturated rings. The van der Waals surface area contributed by atoms with Crippen molar-refractivity contribution < 1.29 is 0 Å². The monoisotopic (exact) mass is 659 g/mol. The molecule has 0 unspecified atom stereocenters. The van der Waals surface area contributed by atoms with Gasteiger partial charge in [-0.3, -0.25) is 0 Å². The lowest BCUT2D eigenvalue weighted by atomic mass is 9.83. The maximum Gasteiger partial charge on any atom is 0.0794 e. The minimum atomic E-state index is 1.03. The summed E-state index contributed by atoms with van der Waals surface area (Å²) >= 11 is 0. The Bertz CT molecular complexity index is 2770. The largest absolute Gasteiger partial charge is 0.246 e. The summed E-state index contributed by atoms with van der Waals surface area (Å²) in [5, 5.41) is 7.04. The summed E-state index contributed by atoms with van der Waals surface area (Å²) in [6.45, 7) is 0. The van der Waals surface area contributed by atoms with E-state index >= 15 is 0 Å². The summed E-state index contributed by atoms with van der Waals surface area (Å²) in [6.07, 6.45) is 0. The zero-order valence-corrected chi connectivity index (χ0v) is 28.5. The van der Waals surface area contributed by atoms with Gasteiger partial charge in [-0.2, -0.15) is 0 Å². The van der Waals surface area contributed by atoms with E-state index in [4.69, 9.17) is 4.98 Å². The van der Waals surface area contributed by atoms with Crippen molar-refractivity contribution in [3.8, 4) is 55.6 Å². The average molecular weight is 660 g/mol. The summed E-state index contributed by atoms with van der Waals surface area (Å²) in [5.41, 5.74) is 14.0. The first kappa shape index (κ1) is 30.0. The smallest absolute Gasteiger partial charge is 0.0794 e. The van der Waals surface area contributed by atoms with Gasteiger partial charge >= 0.3 is 0 Å². The van der Waals surface area contributed by atoms with Gasteiger partial charge in [0.25, 0.3) is 0 Å². The fourth-order valence-corrected chi connectivity index (χ4v) is 7.99. The van der Waals surface area contributed by atoms with E-state index < -0.39 is 0 Å². The molecule has 0 bridgehead atoms. The fraction of sp³-hybridized carbons (Fsp3) is 0. The summed E-state index contributed by atoms with van der Waals surface area (Å²) in [5.74, 6) is 0. The Morgan fingerprint density at radius 1 is 0.250 bits per heavy atom. The van der Waals surface area contributed by atoms with Crippen LogP contribution in [0.3, 0.4) is 0 Å². The molecule has 0 aliphatic rings. The van der Waals surface area contributed by atoms with E-state index in [1.807, 2.05) is 0 Å². The third-order valence-electron chi connectivity index (χ3n) is 10.4. The van der Waals surface area contributed by atoms with E-state index in [1.165, 1.54) is 77.2 Å². The number of hydrogen-bond acceptors (Lipinski definition) is 1. The van der Waals surface area contributed by atoms with Crippen molar-refractivity contribution in [2.24, 2.45) is 0 Å². The molecule has 242 valence electrons. The molecule has 1 nitrogen and oxygen atoms in total. The van der Waals surface area contributed by atoms with E-state index in [2.05, 4.69) is 200 Å². The maximum absolute atomic E-state index is 5.45. The van der Waals surface area contributed by atoms with E-state index in [9.17, 15) is 0 Å². The van der Waals surface area contributed by atoms with Crippen LogP contribution in [0.15, 0.2) is 200 Å². The first-order chi connectivity index (χ1) is 25.8. The van der Waals surface area contributed by atoms with Gasteiger partial charge < -0.3 is 0 Å². The van der Waals surface area contributed by atoms with Crippen LogP contribution in [0.2, 0.25) is 0 Å². The molecule has 0 saturated carbocycles. The van der Waals surface area contributed by atoms with Crippen molar-refractivity contribution >= 4 is 43.4 Å². The highest BCUT2D eigenvalue weighted by molar-refractivity contribution is 6.21. The Hall–Kier alpha value is -6.83. The first-order valence-electron chi connectivity index (χ1n) is 17.9. The zero-order valence-electron chi connectivity index (χ0n) is 28.5. The van der Waals surface area contributed by atoms with E-state index in [0.29, 0.717) is 0 Å². The molecule has 10 aromatic rings. The minimum absolute atomic E-state index is 1.03. The molecule has 1 aromatic heterocycles. The lowest BCUT2D eigenvalue weighted by Gasteiger charge is -2.20. The molecule has 10 rings (SSSR count). The highest BCUT2D eigenvalue weighted by Crippen LogP contribution is 2.46. The Balaban J connectivity index is 1.30. The van der Waals surface area contributed by atoms with Crippen molar-refractivity contribution in [1.82, 2.24) is 4.98 Å². The van der Waals surface area contributed by atoms with E-state index in [0.717, 1.165) is 21.8 Å². The summed E-state index contributed by atoms with van der Waals surface area (Å²) in [6, 6.07) is 72.5. The lowest BCUT2D eigenvalue weighted by Crippen LogP contribution is -1.95. The van der Waals surface area contributed by atoms with Crippen molar-refractivity contribution in [2.75, 3.05) is 0 Å². The van der Waals surface area contributed by atoms with Gasteiger partial charge in [-0.25, -0.2) is 4.98 Å². The van der Waals surface area contributed by atoms with Crippen LogP contribution in [-0.4, -0.2) is 4.98 Å². The van der Waals surface area contributed by atoms with Crippen molar-refractivity contribution in [3.63, 3.8) is 0 Å². The lowest BCUT2D eigenvalue weighted by molar-refractivity contribution is 1.52. The van der Waals surface area contributed by atoms with Crippen LogP contribution in [0.1, 0.15) is 0 Å². The second-order valence-corrected chi connectivity index (χ2v) is 13.5. The molecular weight excluding hydrogens is 627 g/mol. The number of nitrogens with zero attached hydrogens (tertiary/aromatic N) is 1. The molecule has 9 aromatic carbocycles. The highest BCUT2D eigenvalue weighted by atomic mass is 14.7. The van der Waals surface area contributed by atoms with Crippen LogP contribution in [-0.2, 0) is 0 Å². The zero-order chi connectivity index (χ0) is 34.4. The van der Waals surface area contributed by atoms with Gasteiger partial charge in [0.2, 0.25) is 0 Å². The van der Waals surface area contributed by atoms with Crippen LogP contribution < -0.4 is 0 Å². The van der Waals surface area contributed by atoms with Crippen molar-refractivity contribution in [2.45, 2.75) is 0 Å². The SMILES string of the molecule is c1ccc(-c2cc(-c3ccccc3)c(-c3cccc(-c4c5ccc6ccccc6c5nc5c4ccc4ccccc45)c3)c(-c3ccccc3)c2)cc1.